The van der Waals surface area contributed by atoms with E-state index in [1.807, 2.05) is 29.0 Å². The molecule has 0 aliphatic carbocycles. The predicted octanol–water partition coefficient (Wildman–Crippen LogP) is 2.94. The molecule has 0 saturated carbocycles. The number of hydrogen-bond acceptors (Lipinski definition) is 4. The minimum absolute atomic E-state index is 0.421. The molecular formula is C11H11ClN2OS. The third-order valence-corrected chi connectivity index (χ3v) is 3.03. The van der Waals surface area contributed by atoms with Crippen molar-refractivity contribution < 1.29 is 5.11 Å². The van der Waals surface area contributed by atoms with Crippen LogP contribution in [0.1, 0.15) is 11.7 Å². The fourth-order valence-electron chi connectivity index (χ4n) is 1.29. The van der Waals surface area contributed by atoms with Gasteiger partial charge < -0.3 is 10.4 Å². The smallest absolute Gasteiger partial charge is 0.131 e. The molecule has 5 heteroatoms. The van der Waals surface area contributed by atoms with Gasteiger partial charge in [0.05, 0.1) is 6.10 Å². The largest absolute Gasteiger partial charge is 0.387 e. The van der Waals surface area contributed by atoms with Crippen LogP contribution in [0.5, 0.6) is 0 Å². The molecule has 3 nitrogen and oxygen atoms in total. The summed E-state index contributed by atoms with van der Waals surface area (Å²) in [5.41, 5.74) is 0.916. The molecule has 1 atom stereocenters. The number of anilines is 1. The average Bonchev–Trinajstić information content (AvgIpc) is 2.79. The Morgan fingerprint density at radius 2 is 2.31 bits per heavy atom. The summed E-state index contributed by atoms with van der Waals surface area (Å²) in [5, 5.41) is 17.2. The molecule has 2 aromatic heterocycles. The number of nitrogens with zero attached hydrogens (tertiary/aromatic N) is 1. The first kappa shape index (κ1) is 11.4. The molecule has 0 amide bonds. The highest BCUT2D eigenvalue weighted by molar-refractivity contribution is 7.07. The summed E-state index contributed by atoms with van der Waals surface area (Å²) in [7, 11) is 0. The van der Waals surface area contributed by atoms with Gasteiger partial charge in [-0.3, -0.25) is 0 Å². The van der Waals surface area contributed by atoms with Gasteiger partial charge >= 0.3 is 0 Å². The summed E-state index contributed by atoms with van der Waals surface area (Å²) in [5.74, 6) is 0.668. The molecule has 0 bridgehead atoms. The number of nitrogens with one attached hydrogen (secondary N) is 1. The fourth-order valence-corrected chi connectivity index (χ4v) is 2.16. The van der Waals surface area contributed by atoms with Crippen LogP contribution in [-0.2, 0) is 0 Å². The first-order valence-corrected chi connectivity index (χ1v) is 6.14. The molecule has 0 radical (unpaired) electrons. The molecular weight excluding hydrogens is 244 g/mol. The Labute approximate surface area is 103 Å². The Bertz CT molecular complexity index is 447. The van der Waals surface area contributed by atoms with Crippen molar-refractivity contribution in [2.45, 2.75) is 6.10 Å². The van der Waals surface area contributed by atoms with Crippen molar-refractivity contribution in [2.75, 3.05) is 11.9 Å². The average molecular weight is 255 g/mol. The maximum atomic E-state index is 9.82. The van der Waals surface area contributed by atoms with E-state index in [4.69, 9.17) is 11.6 Å². The Morgan fingerprint density at radius 3 is 3.00 bits per heavy atom. The lowest BCUT2D eigenvalue weighted by molar-refractivity contribution is 0.192. The second-order valence-electron chi connectivity index (χ2n) is 3.30. The van der Waals surface area contributed by atoms with Crippen LogP contribution in [0.3, 0.4) is 0 Å². The zero-order valence-corrected chi connectivity index (χ0v) is 10.0. The number of aliphatic hydroxyl groups excluding tert-OH is 1. The van der Waals surface area contributed by atoms with E-state index in [2.05, 4.69) is 10.3 Å². The molecule has 0 aliphatic rings. The summed E-state index contributed by atoms with van der Waals surface area (Å²) in [4.78, 5) is 4.07. The van der Waals surface area contributed by atoms with Crippen LogP contribution in [0.2, 0.25) is 5.15 Å². The van der Waals surface area contributed by atoms with E-state index in [-0.39, 0.29) is 0 Å². The van der Waals surface area contributed by atoms with Gasteiger partial charge in [0, 0.05) is 6.54 Å². The molecule has 0 aliphatic heterocycles. The van der Waals surface area contributed by atoms with E-state index in [0.717, 1.165) is 5.56 Å². The summed E-state index contributed by atoms with van der Waals surface area (Å²) in [6, 6.07) is 7.24. The quantitative estimate of drug-likeness (QED) is 0.825. The van der Waals surface area contributed by atoms with E-state index >= 15 is 0 Å². The van der Waals surface area contributed by atoms with Gasteiger partial charge in [-0.15, -0.1) is 0 Å². The van der Waals surface area contributed by atoms with E-state index in [0.29, 0.717) is 17.5 Å². The lowest BCUT2D eigenvalue weighted by Crippen LogP contribution is -2.12. The summed E-state index contributed by atoms with van der Waals surface area (Å²) in [6.07, 6.45) is -0.521. The highest BCUT2D eigenvalue weighted by Crippen LogP contribution is 2.17. The Morgan fingerprint density at radius 1 is 1.44 bits per heavy atom. The van der Waals surface area contributed by atoms with Crippen molar-refractivity contribution in [1.82, 2.24) is 4.98 Å². The van der Waals surface area contributed by atoms with Gasteiger partial charge in [-0.05, 0) is 34.5 Å². The second-order valence-corrected chi connectivity index (χ2v) is 4.47. The summed E-state index contributed by atoms with van der Waals surface area (Å²) >= 11 is 7.32. The van der Waals surface area contributed by atoms with Crippen LogP contribution >= 0.6 is 22.9 Å². The lowest BCUT2D eigenvalue weighted by Gasteiger charge is -2.10. The third-order valence-electron chi connectivity index (χ3n) is 2.12. The number of aliphatic hydroxyl groups is 1. The van der Waals surface area contributed by atoms with Crippen LogP contribution in [0, 0.1) is 0 Å². The SMILES string of the molecule is OC(CNc1cccc(Cl)n1)c1ccsc1. The van der Waals surface area contributed by atoms with Gasteiger partial charge in [-0.25, -0.2) is 4.98 Å². The van der Waals surface area contributed by atoms with Crippen molar-refractivity contribution in [3.63, 3.8) is 0 Å². The third kappa shape index (κ3) is 2.95. The zero-order chi connectivity index (χ0) is 11.4. The first-order valence-electron chi connectivity index (χ1n) is 4.82. The van der Waals surface area contributed by atoms with Crippen LogP contribution in [0.4, 0.5) is 5.82 Å². The van der Waals surface area contributed by atoms with Gasteiger partial charge in [0.2, 0.25) is 0 Å². The minimum Gasteiger partial charge on any atom is -0.387 e. The molecule has 2 aromatic rings. The first-order chi connectivity index (χ1) is 7.75. The molecule has 1 unspecified atom stereocenters. The van der Waals surface area contributed by atoms with Crippen molar-refractivity contribution in [1.29, 1.82) is 0 Å². The van der Waals surface area contributed by atoms with Gasteiger partial charge in [0.1, 0.15) is 11.0 Å². The van der Waals surface area contributed by atoms with Crippen LogP contribution in [0.25, 0.3) is 0 Å². The number of hydrogen-bond donors (Lipinski definition) is 2. The van der Waals surface area contributed by atoms with Crippen molar-refractivity contribution >= 4 is 28.8 Å². The zero-order valence-electron chi connectivity index (χ0n) is 8.43. The van der Waals surface area contributed by atoms with E-state index in [1.165, 1.54) is 0 Å². The topological polar surface area (TPSA) is 45.1 Å². The predicted molar refractivity (Wildman–Crippen MR) is 67.0 cm³/mol. The molecule has 0 aromatic carbocycles. The molecule has 2 rings (SSSR count). The monoisotopic (exact) mass is 254 g/mol. The fraction of sp³-hybridized carbons (Fsp3) is 0.182. The Kier molecular flexibility index (Phi) is 3.77. The molecule has 2 N–H and O–H groups in total. The minimum atomic E-state index is -0.521. The summed E-state index contributed by atoms with van der Waals surface area (Å²) < 4.78 is 0. The van der Waals surface area contributed by atoms with Gasteiger partial charge in [0.25, 0.3) is 0 Å². The normalized spacial score (nSPS) is 12.4. The van der Waals surface area contributed by atoms with Gasteiger partial charge in [-0.2, -0.15) is 11.3 Å². The Balaban J connectivity index is 1.92. The second kappa shape index (κ2) is 5.30. The maximum Gasteiger partial charge on any atom is 0.131 e. The molecule has 2 heterocycles. The van der Waals surface area contributed by atoms with Crippen LogP contribution in [-0.4, -0.2) is 16.6 Å². The molecule has 16 heavy (non-hydrogen) atoms. The number of aromatic nitrogens is 1. The van der Waals surface area contributed by atoms with Crippen molar-refractivity contribution in [2.24, 2.45) is 0 Å². The molecule has 0 saturated heterocycles. The number of halogens is 1. The Hall–Kier alpha value is -1.10. The summed E-state index contributed by atoms with van der Waals surface area (Å²) in [6.45, 7) is 0.421. The highest BCUT2D eigenvalue weighted by Gasteiger charge is 2.07. The van der Waals surface area contributed by atoms with E-state index in [9.17, 15) is 5.11 Å². The van der Waals surface area contributed by atoms with Crippen molar-refractivity contribution in [3.05, 3.63) is 45.7 Å². The lowest BCUT2D eigenvalue weighted by atomic mass is 10.2. The molecule has 0 fully saturated rings. The van der Waals surface area contributed by atoms with E-state index in [1.54, 1.807) is 17.4 Å². The van der Waals surface area contributed by atoms with Gasteiger partial charge in [0.15, 0.2) is 0 Å². The van der Waals surface area contributed by atoms with Gasteiger partial charge in [-0.1, -0.05) is 17.7 Å². The highest BCUT2D eigenvalue weighted by atomic mass is 35.5. The number of rotatable bonds is 4. The molecule has 0 spiro atoms. The van der Waals surface area contributed by atoms with Crippen LogP contribution in [0.15, 0.2) is 35.0 Å². The maximum absolute atomic E-state index is 9.82. The van der Waals surface area contributed by atoms with E-state index < -0.39 is 6.10 Å². The van der Waals surface area contributed by atoms with Crippen LogP contribution < -0.4 is 5.32 Å². The van der Waals surface area contributed by atoms with Crippen molar-refractivity contribution in [3.8, 4) is 0 Å². The standard InChI is InChI=1S/C11H11ClN2OS/c12-10-2-1-3-11(14-10)13-6-9(15)8-4-5-16-7-8/h1-5,7,9,15H,6H2,(H,13,14). The number of pyridine rings is 1. The molecule has 84 valence electrons. The number of thiophene rings is 1.